The highest BCUT2D eigenvalue weighted by molar-refractivity contribution is 7.13. The first-order valence-electron chi connectivity index (χ1n) is 7.21. The molecule has 0 aromatic carbocycles. The standard InChI is InChI=1S/C15H24N2OS/c1-15(2,3)12-10-19-14(16-12)17-13(18)9-11-7-5-4-6-8-11/h10-11H,4-9H2,1-3H3,(H,16,17,18). The number of anilines is 1. The Labute approximate surface area is 119 Å². The SMILES string of the molecule is CC(C)(C)c1csc(NC(=O)CC2CCCCC2)n1. The Morgan fingerprint density at radius 2 is 2.05 bits per heavy atom. The smallest absolute Gasteiger partial charge is 0.226 e. The molecule has 0 radical (unpaired) electrons. The molecular formula is C15H24N2OS. The van der Waals surface area contributed by atoms with Crippen molar-refractivity contribution in [1.29, 1.82) is 0 Å². The number of hydrogen-bond acceptors (Lipinski definition) is 3. The van der Waals surface area contributed by atoms with Gasteiger partial charge in [0.05, 0.1) is 5.69 Å². The van der Waals surface area contributed by atoms with Crippen LogP contribution in [0.15, 0.2) is 5.38 Å². The van der Waals surface area contributed by atoms with Gasteiger partial charge in [0.2, 0.25) is 5.91 Å². The van der Waals surface area contributed by atoms with Gasteiger partial charge >= 0.3 is 0 Å². The summed E-state index contributed by atoms with van der Waals surface area (Å²) in [6, 6.07) is 0. The summed E-state index contributed by atoms with van der Waals surface area (Å²) in [6.45, 7) is 6.40. The largest absolute Gasteiger partial charge is 0.302 e. The Morgan fingerprint density at radius 1 is 1.37 bits per heavy atom. The molecule has 2 rings (SSSR count). The van der Waals surface area contributed by atoms with E-state index < -0.39 is 0 Å². The normalized spacial score (nSPS) is 17.4. The van der Waals surface area contributed by atoms with Crippen LogP contribution in [0.1, 0.15) is 65.0 Å². The molecule has 0 unspecified atom stereocenters. The van der Waals surface area contributed by atoms with Crippen LogP contribution in [-0.4, -0.2) is 10.9 Å². The van der Waals surface area contributed by atoms with Gasteiger partial charge in [-0.05, 0) is 18.8 Å². The van der Waals surface area contributed by atoms with Crippen LogP contribution in [0.2, 0.25) is 0 Å². The molecule has 1 aromatic heterocycles. The molecular weight excluding hydrogens is 256 g/mol. The summed E-state index contributed by atoms with van der Waals surface area (Å²) >= 11 is 1.52. The highest BCUT2D eigenvalue weighted by Gasteiger charge is 2.20. The summed E-state index contributed by atoms with van der Waals surface area (Å²) in [5.41, 5.74) is 1.09. The van der Waals surface area contributed by atoms with Gasteiger partial charge in [-0.1, -0.05) is 40.0 Å². The zero-order valence-corrected chi connectivity index (χ0v) is 13.0. The third-order valence-electron chi connectivity index (χ3n) is 3.72. The second-order valence-corrected chi connectivity index (χ2v) is 7.40. The molecule has 1 aliphatic carbocycles. The Hall–Kier alpha value is -0.900. The average molecular weight is 280 g/mol. The van der Waals surface area contributed by atoms with E-state index in [9.17, 15) is 4.79 Å². The molecule has 1 saturated carbocycles. The van der Waals surface area contributed by atoms with Crippen LogP contribution in [0.3, 0.4) is 0 Å². The number of carbonyl (C=O) groups excluding carboxylic acids is 1. The lowest BCUT2D eigenvalue weighted by Gasteiger charge is -2.20. The van der Waals surface area contributed by atoms with Crippen molar-refractivity contribution in [3.8, 4) is 0 Å². The molecule has 0 saturated heterocycles. The van der Waals surface area contributed by atoms with Gasteiger partial charge in [0.1, 0.15) is 0 Å². The molecule has 1 N–H and O–H groups in total. The van der Waals surface area contributed by atoms with Crippen LogP contribution in [0.25, 0.3) is 0 Å². The summed E-state index contributed by atoms with van der Waals surface area (Å²) in [5.74, 6) is 0.706. The monoisotopic (exact) mass is 280 g/mol. The van der Waals surface area contributed by atoms with Gasteiger partial charge in [0.25, 0.3) is 0 Å². The maximum absolute atomic E-state index is 12.0. The quantitative estimate of drug-likeness (QED) is 0.894. The van der Waals surface area contributed by atoms with Crippen molar-refractivity contribution in [2.75, 3.05) is 5.32 Å². The third kappa shape index (κ3) is 4.30. The third-order valence-corrected chi connectivity index (χ3v) is 4.48. The molecule has 19 heavy (non-hydrogen) atoms. The van der Waals surface area contributed by atoms with Gasteiger partial charge in [-0.15, -0.1) is 11.3 Å². The number of thiazole rings is 1. The van der Waals surface area contributed by atoms with E-state index in [0.717, 1.165) is 10.8 Å². The fraction of sp³-hybridized carbons (Fsp3) is 0.733. The van der Waals surface area contributed by atoms with E-state index in [-0.39, 0.29) is 11.3 Å². The minimum atomic E-state index is 0.0445. The van der Waals surface area contributed by atoms with E-state index in [1.807, 2.05) is 5.38 Å². The van der Waals surface area contributed by atoms with Crippen molar-refractivity contribution < 1.29 is 4.79 Å². The Morgan fingerprint density at radius 3 is 2.63 bits per heavy atom. The molecule has 1 amide bonds. The minimum Gasteiger partial charge on any atom is -0.302 e. The maximum atomic E-state index is 12.0. The number of amides is 1. The summed E-state index contributed by atoms with van der Waals surface area (Å²) in [6.07, 6.45) is 6.97. The molecule has 106 valence electrons. The lowest BCUT2D eigenvalue weighted by atomic mass is 9.87. The van der Waals surface area contributed by atoms with Gasteiger partial charge in [-0.25, -0.2) is 4.98 Å². The number of aromatic nitrogens is 1. The highest BCUT2D eigenvalue weighted by atomic mass is 32.1. The van der Waals surface area contributed by atoms with Crippen molar-refractivity contribution in [3.63, 3.8) is 0 Å². The van der Waals surface area contributed by atoms with Crippen LogP contribution in [0.4, 0.5) is 5.13 Å². The van der Waals surface area contributed by atoms with Gasteiger partial charge in [-0.2, -0.15) is 0 Å². The summed E-state index contributed by atoms with van der Waals surface area (Å²) in [5, 5.41) is 5.73. The van der Waals surface area contributed by atoms with Gasteiger partial charge in [0.15, 0.2) is 5.13 Å². The van der Waals surface area contributed by atoms with Crippen molar-refractivity contribution in [2.24, 2.45) is 5.92 Å². The van der Waals surface area contributed by atoms with Gasteiger partial charge in [-0.3, -0.25) is 4.79 Å². The second kappa shape index (κ2) is 6.04. The maximum Gasteiger partial charge on any atom is 0.226 e. The summed E-state index contributed by atoms with van der Waals surface area (Å²) in [7, 11) is 0. The first-order chi connectivity index (χ1) is 8.95. The molecule has 1 heterocycles. The van der Waals surface area contributed by atoms with Crippen molar-refractivity contribution >= 4 is 22.4 Å². The Kier molecular flexibility index (Phi) is 4.61. The first kappa shape index (κ1) is 14.5. The van der Waals surface area contributed by atoms with E-state index in [4.69, 9.17) is 0 Å². The predicted molar refractivity (Wildman–Crippen MR) is 80.6 cm³/mol. The molecule has 0 bridgehead atoms. The van der Waals surface area contributed by atoms with Crippen LogP contribution >= 0.6 is 11.3 Å². The van der Waals surface area contributed by atoms with E-state index >= 15 is 0 Å². The Bertz CT molecular complexity index is 428. The van der Waals surface area contributed by atoms with Crippen LogP contribution in [0.5, 0.6) is 0 Å². The molecule has 1 aromatic rings. The first-order valence-corrected chi connectivity index (χ1v) is 8.09. The lowest BCUT2D eigenvalue weighted by molar-refractivity contribution is -0.117. The van der Waals surface area contributed by atoms with Crippen molar-refractivity contribution in [3.05, 3.63) is 11.1 Å². The van der Waals surface area contributed by atoms with E-state index in [2.05, 4.69) is 31.1 Å². The summed E-state index contributed by atoms with van der Waals surface area (Å²) in [4.78, 5) is 16.5. The Balaban J connectivity index is 1.86. The van der Waals surface area contributed by atoms with E-state index in [0.29, 0.717) is 12.3 Å². The van der Waals surface area contributed by atoms with Crippen LogP contribution in [-0.2, 0) is 10.2 Å². The van der Waals surface area contributed by atoms with E-state index in [1.165, 1.54) is 43.4 Å². The summed E-state index contributed by atoms with van der Waals surface area (Å²) < 4.78 is 0. The van der Waals surface area contributed by atoms with Crippen LogP contribution in [0, 0.1) is 5.92 Å². The van der Waals surface area contributed by atoms with Crippen molar-refractivity contribution in [2.45, 2.75) is 64.7 Å². The van der Waals surface area contributed by atoms with Gasteiger partial charge < -0.3 is 5.32 Å². The molecule has 0 spiro atoms. The van der Waals surface area contributed by atoms with Gasteiger partial charge in [0, 0.05) is 17.2 Å². The fourth-order valence-electron chi connectivity index (χ4n) is 2.50. The molecule has 3 nitrogen and oxygen atoms in total. The molecule has 0 atom stereocenters. The highest BCUT2D eigenvalue weighted by Crippen LogP contribution is 2.28. The topological polar surface area (TPSA) is 42.0 Å². The number of hydrogen-bond donors (Lipinski definition) is 1. The fourth-order valence-corrected chi connectivity index (χ4v) is 3.45. The predicted octanol–water partition coefficient (Wildman–Crippen LogP) is 4.35. The zero-order valence-electron chi connectivity index (χ0n) is 12.2. The second-order valence-electron chi connectivity index (χ2n) is 6.54. The number of nitrogens with one attached hydrogen (secondary N) is 1. The molecule has 1 fully saturated rings. The van der Waals surface area contributed by atoms with Crippen molar-refractivity contribution in [1.82, 2.24) is 4.98 Å². The number of nitrogens with zero attached hydrogens (tertiary/aromatic N) is 1. The average Bonchev–Trinajstić information content (AvgIpc) is 2.78. The van der Waals surface area contributed by atoms with E-state index in [1.54, 1.807) is 0 Å². The number of rotatable bonds is 3. The molecule has 1 aliphatic rings. The molecule has 4 heteroatoms. The molecule has 0 aliphatic heterocycles. The minimum absolute atomic E-state index is 0.0445. The van der Waals surface area contributed by atoms with Crippen LogP contribution < -0.4 is 5.32 Å². The number of carbonyl (C=O) groups is 1. The lowest BCUT2D eigenvalue weighted by Crippen LogP contribution is -2.18. The zero-order chi connectivity index (χ0) is 13.9.